The number of aromatic nitrogens is 1. The predicted molar refractivity (Wildman–Crippen MR) is 56.5 cm³/mol. The van der Waals surface area contributed by atoms with Crippen LogP contribution in [0.25, 0.3) is 0 Å². The first-order chi connectivity index (χ1) is 7.66. The Bertz CT molecular complexity index is 511. The van der Waals surface area contributed by atoms with E-state index in [1.807, 2.05) is 0 Å². The maximum Gasteiger partial charge on any atom is 0.172 e. The molecule has 0 atom stereocenters. The third kappa shape index (κ3) is 2.30. The Balaban J connectivity index is 2.24. The Hall–Kier alpha value is -1.62. The van der Waals surface area contributed by atoms with Gasteiger partial charge in [0.05, 0.1) is 12.0 Å². The molecule has 0 saturated heterocycles. The molecule has 0 amide bonds. The smallest absolute Gasteiger partial charge is 0.172 e. The molecule has 0 radical (unpaired) electrons. The lowest BCUT2D eigenvalue weighted by atomic mass is 10.1. The third-order valence-electron chi connectivity index (χ3n) is 2.02. The number of Topliss-reactive ketones (excluding diaryl/α,β-unsaturated/α-hetero) is 1. The first-order valence-electron chi connectivity index (χ1n) is 4.53. The predicted octanol–water partition coefficient (Wildman–Crippen LogP) is 2.85. The molecule has 82 valence electrons. The van der Waals surface area contributed by atoms with Crippen LogP contribution in [0.15, 0.2) is 29.8 Å². The number of carbonyl (C=O) groups excluding carboxylic acids is 1. The maximum absolute atomic E-state index is 13.2. The molecule has 0 spiro atoms. The van der Waals surface area contributed by atoms with Gasteiger partial charge in [-0.1, -0.05) is 0 Å². The van der Waals surface area contributed by atoms with Crippen LogP contribution >= 0.6 is 11.3 Å². The third-order valence-corrected chi connectivity index (χ3v) is 2.80. The minimum Gasteiger partial charge on any atom is -0.294 e. The van der Waals surface area contributed by atoms with E-state index in [4.69, 9.17) is 0 Å². The van der Waals surface area contributed by atoms with Crippen molar-refractivity contribution in [3.63, 3.8) is 0 Å². The standard InChI is InChI=1S/C11H7F2NOS/c12-7-1-2-9(13)8(5-7)10(15)6-11-14-3-4-16-11/h1-5H,6H2. The van der Waals surface area contributed by atoms with Gasteiger partial charge in [-0.3, -0.25) is 4.79 Å². The van der Waals surface area contributed by atoms with E-state index in [-0.39, 0.29) is 12.0 Å². The largest absolute Gasteiger partial charge is 0.294 e. The van der Waals surface area contributed by atoms with Crippen molar-refractivity contribution in [2.75, 3.05) is 0 Å². The zero-order chi connectivity index (χ0) is 11.5. The molecule has 0 aliphatic heterocycles. The molecule has 0 aliphatic rings. The Morgan fingerprint density at radius 2 is 2.19 bits per heavy atom. The van der Waals surface area contributed by atoms with Gasteiger partial charge in [-0.25, -0.2) is 13.8 Å². The number of benzene rings is 1. The van der Waals surface area contributed by atoms with E-state index < -0.39 is 17.4 Å². The highest BCUT2D eigenvalue weighted by Crippen LogP contribution is 2.14. The normalized spacial score (nSPS) is 10.4. The average Bonchev–Trinajstić information content (AvgIpc) is 2.74. The number of hydrogen-bond donors (Lipinski definition) is 0. The van der Waals surface area contributed by atoms with Gasteiger partial charge < -0.3 is 0 Å². The van der Waals surface area contributed by atoms with E-state index >= 15 is 0 Å². The van der Waals surface area contributed by atoms with Crippen molar-refractivity contribution in [1.29, 1.82) is 0 Å². The molecule has 2 rings (SSSR count). The second kappa shape index (κ2) is 4.49. The number of carbonyl (C=O) groups is 1. The van der Waals surface area contributed by atoms with Crippen molar-refractivity contribution >= 4 is 17.1 Å². The van der Waals surface area contributed by atoms with Crippen LogP contribution in [0.1, 0.15) is 15.4 Å². The molecular weight excluding hydrogens is 232 g/mol. The van der Waals surface area contributed by atoms with E-state index in [1.165, 1.54) is 11.3 Å². The lowest BCUT2D eigenvalue weighted by molar-refractivity contribution is 0.0988. The number of halogens is 2. The quantitative estimate of drug-likeness (QED) is 0.771. The molecule has 2 nitrogen and oxygen atoms in total. The fraction of sp³-hybridized carbons (Fsp3) is 0.0909. The van der Waals surface area contributed by atoms with E-state index in [1.54, 1.807) is 11.6 Å². The average molecular weight is 239 g/mol. The Morgan fingerprint density at radius 1 is 1.38 bits per heavy atom. The number of ketones is 1. The summed E-state index contributed by atoms with van der Waals surface area (Å²) in [6.07, 6.45) is 1.56. The molecule has 1 aromatic heterocycles. The lowest BCUT2D eigenvalue weighted by Gasteiger charge is -2.00. The maximum atomic E-state index is 13.2. The van der Waals surface area contributed by atoms with Gasteiger partial charge in [-0.2, -0.15) is 0 Å². The SMILES string of the molecule is O=C(Cc1nccs1)c1cc(F)ccc1F. The van der Waals surface area contributed by atoms with Crippen LogP contribution in [0.5, 0.6) is 0 Å². The Labute approximate surface area is 94.6 Å². The van der Waals surface area contributed by atoms with Gasteiger partial charge in [0, 0.05) is 11.6 Å². The monoisotopic (exact) mass is 239 g/mol. The number of thiazole rings is 1. The minimum absolute atomic E-state index is 0.00194. The van der Waals surface area contributed by atoms with Crippen molar-refractivity contribution in [3.05, 3.63) is 52.0 Å². The van der Waals surface area contributed by atoms with Gasteiger partial charge in [-0.15, -0.1) is 11.3 Å². The number of hydrogen-bond acceptors (Lipinski definition) is 3. The molecule has 1 aromatic carbocycles. The van der Waals surface area contributed by atoms with Crippen molar-refractivity contribution in [2.24, 2.45) is 0 Å². The molecule has 0 saturated carbocycles. The summed E-state index contributed by atoms with van der Waals surface area (Å²) < 4.78 is 26.1. The molecule has 1 heterocycles. The van der Waals surface area contributed by atoms with Crippen LogP contribution in [0.4, 0.5) is 8.78 Å². The van der Waals surface area contributed by atoms with E-state index in [2.05, 4.69) is 4.98 Å². The topological polar surface area (TPSA) is 30.0 Å². The molecule has 2 aromatic rings. The zero-order valence-corrected chi connectivity index (χ0v) is 8.93. The molecule has 0 N–H and O–H groups in total. The van der Waals surface area contributed by atoms with Crippen molar-refractivity contribution in [2.45, 2.75) is 6.42 Å². The summed E-state index contributed by atoms with van der Waals surface area (Å²) in [5, 5.41) is 2.32. The van der Waals surface area contributed by atoms with Crippen LogP contribution in [0.3, 0.4) is 0 Å². The highest BCUT2D eigenvalue weighted by atomic mass is 32.1. The summed E-state index contributed by atoms with van der Waals surface area (Å²) in [5.41, 5.74) is -0.227. The van der Waals surface area contributed by atoms with Gasteiger partial charge >= 0.3 is 0 Å². The van der Waals surface area contributed by atoms with Crippen LogP contribution in [0.2, 0.25) is 0 Å². The fourth-order valence-corrected chi connectivity index (χ4v) is 1.90. The van der Waals surface area contributed by atoms with Crippen molar-refractivity contribution in [3.8, 4) is 0 Å². The number of rotatable bonds is 3. The van der Waals surface area contributed by atoms with Gasteiger partial charge in [0.1, 0.15) is 16.6 Å². The highest BCUT2D eigenvalue weighted by molar-refractivity contribution is 7.09. The molecule has 0 unspecified atom stereocenters. The summed E-state index contributed by atoms with van der Waals surface area (Å²) in [4.78, 5) is 15.6. The zero-order valence-electron chi connectivity index (χ0n) is 8.11. The van der Waals surface area contributed by atoms with Crippen molar-refractivity contribution in [1.82, 2.24) is 4.98 Å². The fourth-order valence-electron chi connectivity index (χ4n) is 1.28. The molecule has 0 aliphatic carbocycles. The number of nitrogens with zero attached hydrogens (tertiary/aromatic N) is 1. The van der Waals surface area contributed by atoms with E-state index in [0.29, 0.717) is 5.01 Å². The second-order valence-electron chi connectivity index (χ2n) is 3.15. The highest BCUT2D eigenvalue weighted by Gasteiger charge is 2.14. The van der Waals surface area contributed by atoms with Crippen LogP contribution < -0.4 is 0 Å². The van der Waals surface area contributed by atoms with Crippen molar-refractivity contribution < 1.29 is 13.6 Å². The van der Waals surface area contributed by atoms with Crippen LogP contribution in [-0.4, -0.2) is 10.8 Å². The minimum atomic E-state index is -0.706. The van der Waals surface area contributed by atoms with Gasteiger partial charge in [0.15, 0.2) is 5.78 Å². The molecule has 0 bridgehead atoms. The first-order valence-corrected chi connectivity index (χ1v) is 5.41. The summed E-state index contributed by atoms with van der Waals surface area (Å²) in [5.74, 6) is -1.79. The molecule has 0 fully saturated rings. The van der Waals surface area contributed by atoms with Gasteiger partial charge in [-0.05, 0) is 18.2 Å². The Kier molecular flexibility index (Phi) is 3.05. The van der Waals surface area contributed by atoms with Crippen LogP contribution in [0, 0.1) is 11.6 Å². The lowest BCUT2D eigenvalue weighted by Crippen LogP contribution is -2.06. The van der Waals surface area contributed by atoms with Gasteiger partial charge in [0.2, 0.25) is 0 Å². The Morgan fingerprint density at radius 3 is 2.88 bits per heavy atom. The summed E-state index contributed by atoms with van der Waals surface area (Å²) >= 11 is 1.31. The molecular formula is C11H7F2NOS. The summed E-state index contributed by atoms with van der Waals surface area (Å²) in [6.45, 7) is 0. The summed E-state index contributed by atoms with van der Waals surface area (Å²) in [7, 11) is 0. The van der Waals surface area contributed by atoms with E-state index in [0.717, 1.165) is 18.2 Å². The summed E-state index contributed by atoms with van der Waals surface area (Å²) in [6, 6.07) is 2.84. The second-order valence-corrected chi connectivity index (χ2v) is 4.13. The van der Waals surface area contributed by atoms with Gasteiger partial charge in [0.25, 0.3) is 0 Å². The first kappa shape index (κ1) is 10.9. The van der Waals surface area contributed by atoms with Crippen LogP contribution in [-0.2, 0) is 6.42 Å². The van der Waals surface area contributed by atoms with E-state index in [9.17, 15) is 13.6 Å². The molecule has 5 heteroatoms. The molecule has 16 heavy (non-hydrogen) atoms.